The minimum Gasteiger partial charge on any atom is -0.462 e. The Bertz CT molecular complexity index is 996. The molecular weight excluding hydrogens is 380 g/mol. The van der Waals surface area contributed by atoms with Crippen molar-refractivity contribution in [2.24, 2.45) is 0 Å². The normalized spacial score (nSPS) is 19.5. The average molecular weight is 402 g/mol. The molecule has 1 aliphatic heterocycles. The predicted molar refractivity (Wildman–Crippen MR) is 101 cm³/mol. The van der Waals surface area contributed by atoms with E-state index in [0.29, 0.717) is 24.0 Å². The summed E-state index contributed by atoms with van der Waals surface area (Å²) in [6.07, 6.45) is 0.338. The van der Waals surface area contributed by atoms with Crippen molar-refractivity contribution in [1.82, 2.24) is 9.55 Å². The van der Waals surface area contributed by atoms with E-state index in [1.165, 1.54) is 17.7 Å². The standard InChI is InChI=1S/C20H22N2O7/c1-12-10-22(20(26)21-18(12)24)17-9-8-15(28-17)16(11-27-13(2)23)29-19(25)14-6-4-3-5-7-14/h3-7,10,15-17H,8-9,11H2,1-2H3,(H,21,24,26)/t15-,16+,17-/m0/s1. The Morgan fingerprint density at radius 3 is 2.66 bits per heavy atom. The predicted octanol–water partition coefficient (Wildman–Crippen LogP) is 1.31. The van der Waals surface area contributed by atoms with Crippen molar-refractivity contribution in [3.63, 3.8) is 0 Å². The molecule has 0 spiro atoms. The highest BCUT2D eigenvalue weighted by atomic mass is 16.6. The summed E-state index contributed by atoms with van der Waals surface area (Å²) in [5, 5.41) is 0. The van der Waals surface area contributed by atoms with Crippen LogP contribution in [0.15, 0.2) is 46.1 Å². The number of carbonyl (C=O) groups is 2. The Labute approximate surface area is 166 Å². The molecular formula is C20H22N2O7. The fourth-order valence-electron chi connectivity index (χ4n) is 3.12. The molecule has 2 aromatic rings. The molecule has 1 aromatic heterocycles. The second-order valence-corrected chi connectivity index (χ2v) is 6.80. The number of hydrogen-bond donors (Lipinski definition) is 1. The Kier molecular flexibility index (Phi) is 6.28. The quantitative estimate of drug-likeness (QED) is 0.724. The monoisotopic (exact) mass is 402 g/mol. The van der Waals surface area contributed by atoms with Gasteiger partial charge in [0.1, 0.15) is 18.9 Å². The summed E-state index contributed by atoms with van der Waals surface area (Å²) in [5.41, 5.74) is -0.291. The molecule has 1 saturated heterocycles. The first kappa shape index (κ1) is 20.5. The highest BCUT2D eigenvalue weighted by molar-refractivity contribution is 5.89. The second kappa shape index (κ2) is 8.87. The van der Waals surface area contributed by atoms with Crippen LogP contribution < -0.4 is 11.2 Å². The van der Waals surface area contributed by atoms with Crippen LogP contribution in [0, 0.1) is 6.92 Å². The van der Waals surface area contributed by atoms with Gasteiger partial charge in [-0.3, -0.25) is 19.1 Å². The van der Waals surface area contributed by atoms with Crippen molar-refractivity contribution in [1.29, 1.82) is 0 Å². The number of aromatic nitrogens is 2. The lowest BCUT2D eigenvalue weighted by Gasteiger charge is -2.24. The van der Waals surface area contributed by atoms with Gasteiger partial charge in [0.15, 0.2) is 6.10 Å². The van der Waals surface area contributed by atoms with Gasteiger partial charge in [-0.1, -0.05) is 18.2 Å². The van der Waals surface area contributed by atoms with Gasteiger partial charge in [0.2, 0.25) is 0 Å². The van der Waals surface area contributed by atoms with Gasteiger partial charge in [-0.2, -0.15) is 0 Å². The molecule has 0 amide bonds. The number of benzene rings is 1. The van der Waals surface area contributed by atoms with Crippen molar-refractivity contribution in [2.45, 2.75) is 45.1 Å². The number of rotatable bonds is 6. The van der Waals surface area contributed by atoms with E-state index in [1.807, 2.05) is 0 Å². The first-order valence-corrected chi connectivity index (χ1v) is 9.22. The lowest BCUT2D eigenvalue weighted by Crippen LogP contribution is -2.37. The summed E-state index contributed by atoms with van der Waals surface area (Å²) in [4.78, 5) is 49.6. The summed E-state index contributed by atoms with van der Waals surface area (Å²) in [5.74, 6) is -1.07. The average Bonchev–Trinajstić information content (AvgIpc) is 3.18. The van der Waals surface area contributed by atoms with Crippen LogP contribution in [0.1, 0.15) is 41.9 Å². The highest BCUT2D eigenvalue weighted by Crippen LogP contribution is 2.30. The summed E-state index contributed by atoms with van der Waals surface area (Å²) < 4.78 is 17.8. The van der Waals surface area contributed by atoms with Crippen LogP contribution in [-0.4, -0.2) is 40.3 Å². The molecule has 3 rings (SSSR count). The zero-order valence-electron chi connectivity index (χ0n) is 16.1. The molecule has 0 bridgehead atoms. The number of hydrogen-bond acceptors (Lipinski definition) is 7. The molecule has 1 aromatic carbocycles. The Balaban J connectivity index is 1.75. The van der Waals surface area contributed by atoms with Gasteiger partial charge >= 0.3 is 17.6 Å². The van der Waals surface area contributed by atoms with Gasteiger partial charge in [-0.05, 0) is 31.9 Å². The van der Waals surface area contributed by atoms with Crippen molar-refractivity contribution in [3.05, 3.63) is 68.5 Å². The van der Waals surface area contributed by atoms with Gasteiger partial charge in [0.05, 0.1) is 5.56 Å². The van der Waals surface area contributed by atoms with Crippen molar-refractivity contribution in [3.8, 4) is 0 Å². The van der Waals surface area contributed by atoms with E-state index < -0.39 is 41.6 Å². The van der Waals surface area contributed by atoms with Gasteiger partial charge in [0.25, 0.3) is 5.56 Å². The topological polar surface area (TPSA) is 117 Å². The molecule has 9 heteroatoms. The van der Waals surface area contributed by atoms with E-state index in [9.17, 15) is 19.2 Å². The van der Waals surface area contributed by atoms with Gasteiger partial charge < -0.3 is 14.2 Å². The Hall–Kier alpha value is -3.20. The van der Waals surface area contributed by atoms with E-state index in [2.05, 4.69) is 4.98 Å². The van der Waals surface area contributed by atoms with Crippen LogP contribution in [0.25, 0.3) is 0 Å². The molecule has 0 aliphatic carbocycles. The van der Waals surface area contributed by atoms with Gasteiger partial charge in [0, 0.05) is 18.7 Å². The van der Waals surface area contributed by atoms with Crippen LogP contribution in [0.2, 0.25) is 0 Å². The highest BCUT2D eigenvalue weighted by Gasteiger charge is 2.36. The number of nitrogens with zero attached hydrogens (tertiary/aromatic N) is 1. The molecule has 2 heterocycles. The number of ether oxygens (including phenoxy) is 3. The van der Waals surface area contributed by atoms with Crippen LogP contribution in [0.3, 0.4) is 0 Å². The number of aryl methyl sites for hydroxylation is 1. The summed E-state index contributed by atoms with van der Waals surface area (Å²) in [6, 6.07) is 8.44. The lowest BCUT2D eigenvalue weighted by molar-refractivity contribution is -0.148. The molecule has 3 atom stereocenters. The number of nitrogens with one attached hydrogen (secondary N) is 1. The molecule has 29 heavy (non-hydrogen) atoms. The minimum absolute atomic E-state index is 0.162. The maximum absolute atomic E-state index is 12.4. The third-order valence-corrected chi connectivity index (χ3v) is 4.62. The summed E-state index contributed by atoms with van der Waals surface area (Å²) >= 11 is 0. The second-order valence-electron chi connectivity index (χ2n) is 6.80. The molecule has 9 nitrogen and oxygen atoms in total. The third kappa shape index (κ3) is 5.00. The van der Waals surface area contributed by atoms with E-state index in [4.69, 9.17) is 14.2 Å². The number of H-pyrrole nitrogens is 1. The SMILES string of the molecule is CC(=O)OC[C@@H](OC(=O)c1ccccc1)[C@@H]1CC[C@@H](n2cc(C)c(=O)[nH]c2=O)O1. The molecule has 1 aliphatic rings. The third-order valence-electron chi connectivity index (χ3n) is 4.62. The fraction of sp³-hybridized carbons (Fsp3) is 0.400. The van der Waals surface area contributed by atoms with E-state index in [-0.39, 0.29) is 6.61 Å². The van der Waals surface area contributed by atoms with E-state index >= 15 is 0 Å². The maximum atomic E-state index is 12.4. The molecule has 0 unspecified atom stereocenters. The number of esters is 2. The van der Waals surface area contributed by atoms with Crippen LogP contribution in [-0.2, 0) is 19.0 Å². The minimum atomic E-state index is -0.837. The first-order valence-electron chi connectivity index (χ1n) is 9.22. The molecule has 1 N–H and O–H groups in total. The van der Waals surface area contributed by atoms with E-state index in [1.54, 1.807) is 37.3 Å². The fourth-order valence-corrected chi connectivity index (χ4v) is 3.12. The maximum Gasteiger partial charge on any atom is 0.338 e. The van der Waals surface area contributed by atoms with Crippen LogP contribution in [0.5, 0.6) is 0 Å². The molecule has 154 valence electrons. The number of carbonyl (C=O) groups excluding carboxylic acids is 2. The molecule has 1 fully saturated rings. The molecule has 0 radical (unpaired) electrons. The van der Waals surface area contributed by atoms with E-state index in [0.717, 1.165) is 0 Å². The van der Waals surface area contributed by atoms with Crippen molar-refractivity contribution < 1.29 is 23.8 Å². The van der Waals surface area contributed by atoms with Gasteiger partial charge in [-0.15, -0.1) is 0 Å². The smallest absolute Gasteiger partial charge is 0.338 e. The zero-order chi connectivity index (χ0) is 21.0. The Morgan fingerprint density at radius 2 is 1.97 bits per heavy atom. The largest absolute Gasteiger partial charge is 0.462 e. The first-order chi connectivity index (χ1) is 13.8. The Morgan fingerprint density at radius 1 is 1.24 bits per heavy atom. The zero-order valence-corrected chi connectivity index (χ0v) is 16.1. The van der Waals surface area contributed by atoms with Crippen molar-refractivity contribution >= 4 is 11.9 Å². The summed E-state index contributed by atoms with van der Waals surface area (Å²) in [6.45, 7) is 2.69. The van der Waals surface area contributed by atoms with Crippen LogP contribution in [0.4, 0.5) is 0 Å². The lowest BCUT2D eigenvalue weighted by atomic mass is 10.1. The molecule has 0 saturated carbocycles. The van der Waals surface area contributed by atoms with Crippen molar-refractivity contribution in [2.75, 3.05) is 6.61 Å². The number of aromatic amines is 1. The summed E-state index contributed by atoms with van der Waals surface area (Å²) in [7, 11) is 0. The van der Waals surface area contributed by atoms with Gasteiger partial charge in [-0.25, -0.2) is 9.59 Å². The van der Waals surface area contributed by atoms with Crippen LogP contribution >= 0.6 is 0 Å².